The quantitative estimate of drug-likeness (QED) is 0.0983. The van der Waals surface area contributed by atoms with Crippen LogP contribution in [0.2, 0.25) is 0 Å². The number of nitrogens with one attached hydrogen (secondary N) is 1. The van der Waals surface area contributed by atoms with E-state index in [1.807, 2.05) is 0 Å². The Labute approximate surface area is 148 Å². The minimum Gasteiger partial charge on any atom is -0.370 e. The van der Waals surface area contributed by atoms with Crippen molar-refractivity contribution in [3.63, 3.8) is 0 Å². The third kappa shape index (κ3) is 28.8. The first-order valence-corrected chi connectivity index (χ1v) is 9.52. The summed E-state index contributed by atoms with van der Waals surface area (Å²) in [5.41, 5.74) is 6.85. The van der Waals surface area contributed by atoms with Gasteiger partial charge in [-0.2, -0.15) is 0 Å². The molecular formula is C19H39N3O2. The average molecular weight is 342 g/mol. The third-order valence-electron chi connectivity index (χ3n) is 3.75. The van der Waals surface area contributed by atoms with E-state index in [0.717, 1.165) is 12.8 Å². The van der Waals surface area contributed by atoms with E-state index < -0.39 is 0 Å². The molecule has 142 valence electrons. The van der Waals surface area contributed by atoms with E-state index in [9.17, 15) is 4.79 Å². The number of hydrazine groups is 1. The molecule has 2 amide bonds. The number of nitrogens with two attached hydrogens (primary N) is 2. The largest absolute Gasteiger partial charge is 0.370 e. The van der Waals surface area contributed by atoms with Crippen LogP contribution in [-0.2, 0) is 9.59 Å². The Bertz CT molecular complexity index is 294. The normalized spacial score (nSPS) is 10.2. The summed E-state index contributed by atoms with van der Waals surface area (Å²) in [7, 11) is 0. The van der Waals surface area contributed by atoms with Gasteiger partial charge in [-0.25, -0.2) is 5.84 Å². The van der Waals surface area contributed by atoms with Crippen molar-refractivity contribution >= 4 is 12.3 Å². The van der Waals surface area contributed by atoms with Crippen molar-refractivity contribution in [2.75, 3.05) is 0 Å². The summed E-state index contributed by atoms with van der Waals surface area (Å²) in [5, 5.41) is 0. The molecule has 0 radical (unpaired) electrons. The van der Waals surface area contributed by atoms with Crippen molar-refractivity contribution in [3.8, 4) is 0 Å². The number of allylic oxidation sites excluding steroid dienone is 2. The second-order valence-electron chi connectivity index (χ2n) is 6.09. The second kappa shape index (κ2) is 23.9. The van der Waals surface area contributed by atoms with Crippen LogP contribution in [0.5, 0.6) is 0 Å². The van der Waals surface area contributed by atoms with E-state index in [1.165, 1.54) is 70.6 Å². The molecule has 0 bridgehead atoms. The standard InChI is InChI=1S/C18H35NO.CH4N2O/c1-2-3-4-5-6-7-8-9-10-11-12-13-14-15-16-17-18(19)20;2-3-1-4/h9-10H,2-8,11-17H2,1H3,(H2,19,20);1H,2H2,(H,3,4)/b10-9-;. The molecule has 0 atom stereocenters. The van der Waals surface area contributed by atoms with Crippen molar-refractivity contribution in [2.24, 2.45) is 11.6 Å². The molecule has 0 aromatic carbocycles. The summed E-state index contributed by atoms with van der Waals surface area (Å²) in [5.74, 6) is 4.25. The maximum absolute atomic E-state index is 10.5. The molecule has 0 aliphatic carbocycles. The molecule has 0 rings (SSSR count). The van der Waals surface area contributed by atoms with Gasteiger partial charge < -0.3 is 5.73 Å². The smallest absolute Gasteiger partial charge is 0.221 e. The topological polar surface area (TPSA) is 98.2 Å². The lowest BCUT2D eigenvalue weighted by Gasteiger charge is -1.99. The Morgan fingerprint density at radius 2 is 1.25 bits per heavy atom. The predicted molar refractivity (Wildman–Crippen MR) is 102 cm³/mol. The maximum Gasteiger partial charge on any atom is 0.221 e. The van der Waals surface area contributed by atoms with Crippen LogP contribution in [0.3, 0.4) is 0 Å². The van der Waals surface area contributed by atoms with Crippen molar-refractivity contribution in [2.45, 2.75) is 96.8 Å². The highest BCUT2D eigenvalue weighted by molar-refractivity contribution is 5.73. The van der Waals surface area contributed by atoms with E-state index >= 15 is 0 Å². The molecule has 24 heavy (non-hydrogen) atoms. The summed E-state index contributed by atoms with van der Waals surface area (Å²) in [6, 6.07) is 0. The number of hydrogen-bond donors (Lipinski definition) is 3. The van der Waals surface area contributed by atoms with Gasteiger partial charge in [0, 0.05) is 6.42 Å². The van der Waals surface area contributed by atoms with Crippen LogP contribution >= 0.6 is 0 Å². The van der Waals surface area contributed by atoms with E-state index in [1.54, 1.807) is 5.43 Å². The van der Waals surface area contributed by atoms with Gasteiger partial charge in [0.1, 0.15) is 0 Å². The molecule has 0 fully saturated rings. The monoisotopic (exact) mass is 341 g/mol. The fourth-order valence-electron chi connectivity index (χ4n) is 2.37. The molecule has 5 heteroatoms. The number of carbonyl (C=O) groups excluding carboxylic acids is 2. The van der Waals surface area contributed by atoms with E-state index in [2.05, 4.69) is 24.9 Å². The Hall–Kier alpha value is -1.36. The number of amides is 2. The number of hydrogen-bond acceptors (Lipinski definition) is 3. The molecule has 0 aromatic rings. The summed E-state index contributed by atoms with van der Waals surface area (Å²) >= 11 is 0. The SMILES string of the molecule is CCCCCCCC/C=C\CCCCCCCC(N)=O.NNC=O. The zero-order valence-electron chi connectivity index (χ0n) is 15.6. The highest BCUT2D eigenvalue weighted by Crippen LogP contribution is 2.09. The fourth-order valence-corrected chi connectivity index (χ4v) is 2.37. The molecule has 0 spiro atoms. The summed E-state index contributed by atoms with van der Waals surface area (Å²) in [4.78, 5) is 19.5. The predicted octanol–water partition coefficient (Wildman–Crippen LogP) is 4.12. The zero-order valence-corrected chi connectivity index (χ0v) is 15.6. The lowest BCUT2D eigenvalue weighted by atomic mass is 10.1. The van der Waals surface area contributed by atoms with Gasteiger partial charge in [0.15, 0.2) is 0 Å². The molecule has 0 saturated carbocycles. The van der Waals surface area contributed by atoms with E-state index in [-0.39, 0.29) is 5.91 Å². The van der Waals surface area contributed by atoms with Crippen molar-refractivity contribution < 1.29 is 9.59 Å². The van der Waals surface area contributed by atoms with Crippen LogP contribution in [0.1, 0.15) is 96.8 Å². The Balaban J connectivity index is 0. The van der Waals surface area contributed by atoms with Gasteiger partial charge in [0.25, 0.3) is 0 Å². The van der Waals surface area contributed by atoms with Crippen molar-refractivity contribution in [1.82, 2.24) is 5.43 Å². The molecule has 0 aromatic heterocycles. The molecule has 0 aliphatic heterocycles. The van der Waals surface area contributed by atoms with Crippen molar-refractivity contribution in [3.05, 3.63) is 12.2 Å². The van der Waals surface area contributed by atoms with Gasteiger partial charge in [0.05, 0.1) is 0 Å². The molecule has 5 nitrogen and oxygen atoms in total. The first-order chi connectivity index (χ1) is 11.7. The van der Waals surface area contributed by atoms with E-state index in [4.69, 9.17) is 10.5 Å². The van der Waals surface area contributed by atoms with Gasteiger partial charge in [-0.1, -0.05) is 70.4 Å². The molecular weight excluding hydrogens is 302 g/mol. The fraction of sp³-hybridized carbons (Fsp3) is 0.789. The molecule has 0 saturated heterocycles. The summed E-state index contributed by atoms with van der Waals surface area (Å²) < 4.78 is 0. The van der Waals surface area contributed by atoms with Crippen LogP contribution in [0.15, 0.2) is 12.2 Å². The third-order valence-corrected chi connectivity index (χ3v) is 3.75. The number of primary amides is 1. The number of carbonyl (C=O) groups is 2. The first kappa shape index (κ1) is 24.9. The van der Waals surface area contributed by atoms with Crippen LogP contribution in [0.4, 0.5) is 0 Å². The average Bonchev–Trinajstić information content (AvgIpc) is 2.58. The van der Waals surface area contributed by atoms with E-state index in [0.29, 0.717) is 12.8 Å². The summed E-state index contributed by atoms with van der Waals surface area (Å²) in [6.07, 6.45) is 22.3. The first-order valence-electron chi connectivity index (χ1n) is 9.52. The maximum atomic E-state index is 10.5. The van der Waals surface area contributed by atoms with Crippen LogP contribution < -0.4 is 17.0 Å². The van der Waals surface area contributed by atoms with Gasteiger partial charge in [-0.3, -0.25) is 15.0 Å². The number of rotatable bonds is 16. The Morgan fingerprint density at radius 3 is 1.67 bits per heavy atom. The van der Waals surface area contributed by atoms with Gasteiger partial charge in [-0.15, -0.1) is 0 Å². The second-order valence-corrected chi connectivity index (χ2v) is 6.09. The minimum atomic E-state index is -0.164. The molecule has 5 N–H and O–H groups in total. The van der Waals surface area contributed by atoms with Crippen LogP contribution in [0.25, 0.3) is 0 Å². The molecule has 0 heterocycles. The number of unbranched alkanes of at least 4 members (excludes halogenated alkanes) is 11. The van der Waals surface area contributed by atoms with Crippen molar-refractivity contribution in [1.29, 1.82) is 0 Å². The Kier molecular flexibility index (Phi) is 24.8. The summed E-state index contributed by atoms with van der Waals surface area (Å²) in [6.45, 7) is 2.26. The minimum absolute atomic E-state index is 0.164. The van der Waals surface area contributed by atoms with Crippen LogP contribution in [-0.4, -0.2) is 12.3 Å². The lowest BCUT2D eigenvalue weighted by molar-refractivity contribution is -0.118. The van der Waals surface area contributed by atoms with Crippen LogP contribution in [0, 0.1) is 0 Å². The zero-order chi connectivity index (χ0) is 18.3. The highest BCUT2D eigenvalue weighted by Gasteiger charge is 1.94. The molecule has 0 aliphatic rings. The lowest BCUT2D eigenvalue weighted by Crippen LogP contribution is -2.18. The molecule has 0 unspecified atom stereocenters. The van der Waals surface area contributed by atoms with Gasteiger partial charge in [-0.05, 0) is 32.1 Å². The van der Waals surface area contributed by atoms with Gasteiger partial charge in [0.2, 0.25) is 12.3 Å². The Morgan fingerprint density at radius 1 is 0.833 bits per heavy atom. The van der Waals surface area contributed by atoms with Gasteiger partial charge >= 0.3 is 0 Å². The highest BCUT2D eigenvalue weighted by atomic mass is 16.1.